The van der Waals surface area contributed by atoms with Gasteiger partial charge in [0, 0.05) is 31.4 Å². The molecule has 4 nitrogen and oxygen atoms in total. The molecule has 0 fully saturated rings. The van der Waals surface area contributed by atoms with Gasteiger partial charge in [0.05, 0.1) is 6.20 Å². The number of amides is 1. The lowest BCUT2D eigenvalue weighted by Gasteiger charge is -2.34. The van der Waals surface area contributed by atoms with Crippen molar-refractivity contribution in [2.75, 3.05) is 6.54 Å². The van der Waals surface area contributed by atoms with E-state index in [1.54, 1.807) is 12.4 Å². The summed E-state index contributed by atoms with van der Waals surface area (Å²) in [6.07, 6.45) is 4.66. The topological polar surface area (TPSA) is 46.1 Å². The highest BCUT2D eigenvalue weighted by Gasteiger charge is 2.29. The molecule has 4 heteroatoms. The van der Waals surface area contributed by atoms with Gasteiger partial charge < -0.3 is 4.90 Å². The Bertz CT molecular complexity index is 849. The van der Waals surface area contributed by atoms with E-state index in [-0.39, 0.29) is 11.8 Å². The highest BCUT2D eigenvalue weighted by atomic mass is 16.2. The van der Waals surface area contributed by atoms with Gasteiger partial charge in [-0.1, -0.05) is 54.6 Å². The van der Waals surface area contributed by atoms with Crippen molar-refractivity contribution in [2.24, 2.45) is 0 Å². The summed E-state index contributed by atoms with van der Waals surface area (Å²) in [5, 5.41) is 0. The number of benzene rings is 2. The third-order valence-corrected chi connectivity index (χ3v) is 4.47. The van der Waals surface area contributed by atoms with E-state index in [2.05, 4.69) is 40.3 Å². The van der Waals surface area contributed by atoms with Crippen LogP contribution >= 0.6 is 0 Å². The smallest absolute Gasteiger partial charge is 0.274 e. The lowest BCUT2D eigenvalue weighted by Crippen LogP contribution is -2.39. The molecule has 0 saturated carbocycles. The highest BCUT2D eigenvalue weighted by Crippen LogP contribution is 2.33. The molecule has 1 atom stereocenters. The number of fused-ring (bicyclic) bond motifs is 1. The normalized spacial score (nSPS) is 16.5. The van der Waals surface area contributed by atoms with Crippen molar-refractivity contribution in [3.05, 3.63) is 95.6 Å². The van der Waals surface area contributed by atoms with Crippen molar-refractivity contribution < 1.29 is 4.79 Å². The first-order chi connectivity index (χ1) is 11.8. The van der Waals surface area contributed by atoms with E-state index in [9.17, 15) is 4.79 Å². The van der Waals surface area contributed by atoms with Crippen LogP contribution in [0.2, 0.25) is 0 Å². The van der Waals surface area contributed by atoms with Gasteiger partial charge in [-0.05, 0) is 16.7 Å². The fourth-order valence-electron chi connectivity index (χ4n) is 3.30. The van der Waals surface area contributed by atoms with Gasteiger partial charge in [-0.15, -0.1) is 0 Å². The fourth-order valence-corrected chi connectivity index (χ4v) is 3.30. The van der Waals surface area contributed by atoms with E-state index in [1.807, 2.05) is 29.2 Å². The molecule has 2 heterocycles. The lowest BCUT2D eigenvalue weighted by molar-refractivity contribution is 0.0718. The van der Waals surface area contributed by atoms with Crippen molar-refractivity contribution in [2.45, 2.75) is 12.5 Å². The van der Waals surface area contributed by atoms with Gasteiger partial charge >= 0.3 is 0 Å². The second-order valence-electron chi connectivity index (χ2n) is 5.94. The number of aromatic nitrogens is 2. The quantitative estimate of drug-likeness (QED) is 0.729. The van der Waals surface area contributed by atoms with Crippen molar-refractivity contribution in [3.63, 3.8) is 0 Å². The van der Waals surface area contributed by atoms with Crippen LogP contribution in [0.1, 0.15) is 33.1 Å². The van der Waals surface area contributed by atoms with Gasteiger partial charge in [0.2, 0.25) is 0 Å². The van der Waals surface area contributed by atoms with Crippen LogP contribution in [0.5, 0.6) is 0 Å². The zero-order valence-electron chi connectivity index (χ0n) is 13.2. The number of nitrogens with zero attached hydrogens (tertiary/aromatic N) is 3. The monoisotopic (exact) mass is 315 g/mol. The van der Waals surface area contributed by atoms with E-state index >= 15 is 0 Å². The van der Waals surface area contributed by atoms with Gasteiger partial charge in [-0.25, -0.2) is 4.98 Å². The van der Waals surface area contributed by atoms with Gasteiger partial charge in [-0.3, -0.25) is 9.78 Å². The summed E-state index contributed by atoms with van der Waals surface area (Å²) in [6, 6.07) is 18.7. The maximum atomic E-state index is 12.8. The van der Waals surface area contributed by atoms with E-state index in [0.29, 0.717) is 18.8 Å². The Labute approximate surface area is 140 Å². The Morgan fingerprint density at radius 3 is 2.58 bits per heavy atom. The van der Waals surface area contributed by atoms with Crippen LogP contribution in [0.3, 0.4) is 0 Å². The standard InChI is InChI=1S/C20H17N3O/c24-20(19-12-21-10-11-22-19)23-13-16-8-4-5-9-17(16)18(14-23)15-6-2-1-3-7-15/h1-12,18H,13-14H2. The predicted molar refractivity (Wildman–Crippen MR) is 91.5 cm³/mol. The lowest BCUT2D eigenvalue weighted by atomic mass is 9.84. The SMILES string of the molecule is O=C(c1cnccn1)N1Cc2ccccc2C(c2ccccc2)C1. The summed E-state index contributed by atoms with van der Waals surface area (Å²) in [5.41, 5.74) is 4.10. The van der Waals surface area contributed by atoms with E-state index in [1.165, 1.54) is 22.9 Å². The van der Waals surface area contributed by atoms with E-state index in [4.69, 9.17) is 0 Å². The number of carbonyl (C=O) groups is 1. The number of hydrogen-bond acceptors (Lipinski definition) is 3. The molecule has 1 aliphatic heterocycles. The fraction of sp³-hybridized carbons (Fsp3) is 0.150. The highest BCUT2D eigenvalue weighted by molar-refractivity contribution is 5.92. The van der Waals surface area contributed by atoms with Crippen molar-refractivity contribution in [3.8, 4) is 0 Å². The predicted octanol–water partition coefficient (Wildman–Crippen LogP) is 3.26. The Kier molecular flexibility index (Phi) is 3.79. The molecule has 1 aliphatic rings. The summed E-state index contributed by atoms with van der Waals surface area (Å²) >= 11 is 0. The third kappa shape index (κ3) is 2.67. The maximum absolute atomic E-state index is 12.8. The molecular weight excluding hydrogens is 298 g/mol. The van der Waals surface area contributed by atoms with Crippen molar-refractivity contribution >= 4 is 5.91 Å². The first-order valence-corrected chi connectivity index (χ1v) is 8.01. The number of rotatable bonds is 2. The molecule has 0 saturated heterocycles. The second-order valence-corrected chi connectivity index (χ2v) is 5.94. The van der Waals surface area contributed by atoms with Crippen molar-refractivity contribution in [1.82, 2.24) is 14.9 Å². The molecule has 1 amide bonds. The van der Waals surface area contributed by atoms with Gasteiger partial charge in [0.25, 0.3) is 5.91 Å². The zero-order valence-corrected chi connectivity index (χ0v) is 13.2. The Balaban J connectivity index is 1.72. The number of hydrogen-bond donors (Lipinski definition) is 0. The molecule has 1 aromatic heterocycles. The zero-order chi connectivity index (χ0) is 16.4. The molecule has 0 bridgehead atoms. The van der Waals surface area contributed by atoms with Crippen LogP contribution in [-0.4, -0.2) is 27.3 Å². The molecule has 4 rings (SSSR count). The van der Waals surface area contributed by atoms with Gasteiger partial charge in [0.15, 0.2) is 0 Å². The van der Waals surface area contributed by atoms with E-state index < -0.39 is 0 Å². The average Bonchev–Trinajstić information content (AvgIpc) is 2.68. The molecule has 0 aliphatic carbocycles. The molecule has 24 heavy (non-hydrogen) atoms. The van der Waals surface area contributed by atoms with Crippen LogP contribution in [-0.2, 0) is 6.54 Å². The first-order valence-electron chi connectivity index (χ1n) is 8.01. The van der Waals surface area contributed by atoms with Crippen LogP contribution < -0.4 is 0 Å². The molecular formula is C20H17N3O. The summed E-state index contributed by atoms with van der Waals surface area (Å²) in [5.74, 6) is 0.107. The third-order valence-electron chi connectivity index (χ3n) is 4.47. The minimum Gasteiger partial charge on any atom is -0.332 e. The summed E-state index contributed by atoms with van der Waals surface area (Å²) in [7, 11) is 0. The molecule has 0 spiro atoms. The summed E-state index contributed by atoms with van der Waals surface area (Å²) < 4.78 is 0. The summed E-state index contributed by atoms with van der Waals surface area (Å²) in [4.78, 5) is 22.8. The largest absolute Gasteiger partial charge is 0.332 e. The maximum Gasteiger partial charge on any atom is 0.274 e. The minimum absolute atomic E-state index is 0.0708. The summed E-state index contributed by atoms with van der Waals surface area (Å²) in [6.45, 7) is 1.26. The van der Waals surface area contributed by atoms with Gasteiger partial charge in [-0.2, -0.15) is 0 Å². The number of carbonyl (C=O) groups excluding carboxylic acids is 1. The Morgan fingerprint density at radius 2 is 1.79 bits per heavy atom. The average molecular weight is 315 g/mol. The van der Waals surface area contributed by atoms with Gasteiger partial charge in [0.1, 0.15) is 5.69 Å². The molecule has 0 radical (unpaired) electrons. The first kappa shape index (κ1) is 14.6. The minimum atomic E-state index is -0.0708. The van der Waals surface area contributed by atoms with Crippen LogP contribution in [0, 0.1) is 0 Å². The Hall–Kier alpha value is -3.01. The van der Waals surface area contributed by atoms with Crippen LogP contribution in [0.25, 0.3) is 0 Å². The second kappa shape index (κ2) is 6.24. The van der Waals surface area contributed by atoms with Crippen LogP contribution in [0.4, 0.5) is 0 Å². The van der Waals surface area contributed by atoms with E-state index in [0.717, 1.165) is 0 Å². The molecule has 0 N–H and O–H groups in total. The van der Waals surface area contributed by atoms with Crippen LogP contribution in [0.15, 0.2) is 73.2 Å². The molecule has 2 aromatic carbocycles. The Morgan fingerprint density at radius 1 is 1.00 bits per heavy atom. The molecule has 3 aromatic rings. The molecule has 118 valence electrons. The molecule has 1 unspecified atom stereocenters. The van der Waals surface area contributed by atoms with Crippen molar-refractivity contribution in [1.29, 1.82) is 0 Å².